The number of carbonyl (C=O) groups excluding carboxylic acids is 1. The van der Waals surface area contributed by atoms with E-state index in [1.165, 1.54) is 11.0 Å². The van der Waals surface area contributed by atoms with Crippen molar-refractivity contribution < 1.29 is 24.5 Å². The van der Waals surface area contributed by atoms with Gasteiger partial charge in [-0.2, -0.15) is 0 Å². The van der Waals surface area contributed by atoms with Crippen LogP contribution in [-0.4, -0.2) is 44.0 Å². The van der Waals surface area contributed by atoms with Crippen LogP contribution < -0.4 is 4.74 Å². The van der Waals surface area contributed by atoms with Crippen molar-refractivity contribution in [1.82, 2.24) is 4.90 Å². The molecule has 0 aliphatic carbocycles. The van der Waals surface area contributed by atoms with Crippen LogP contribution in [0.15, 0.2) is 23.1 Å². The van der Waals surface area contributed by atoms with Gasteiger partial charge < -0.3 is 14.9 Å². The summed E-state index contributed by atoms with van der Waals surface area (Å²) in [5, 5.41) is 19.3. The van der Waals surface area contributed by atoms with Gasteiger partial charge in [-0.05, 0) is 43.0 Å². The topological polar surface area (TPSA) is 87.1 Å². The molecule has 1 aromatic carbocycles. The standard InChI is InChI=1S/C18H21NO5S2/c1-4-24-14-8-11(5-6-13(14)20)9-15-16(21)19(18(25)26-15)12(17(22)23)7-10(2)3/h5-6,8-10,12,20H,4,7H2,1-3H3,(H,22,23)/b15-9-/t12-/m1/s1. The third-order valence-electron chi connectivity index (χ3n) is 3.70. The lowest BCUT2D eigenvalue weighted by Crippen LogP contribution is -2.44. The van der Waals surface area contributed by atoms with Crippen molar-refractivity contribution in [3.05, 3.63) is 28.7 Å². The molecule has 0 aromatic heterocycles. The molecule has 2 rings (SSSR count). The number of rotatable bonds is 7. The van der Waals surface area contributed by atoms with Gasteiger partial charge in [0.1, 0.15) is 10.4 Å². The first-order valence-electron chi connectivity index (χ1n) is 8.20. The fourth-order valence-electron chi connectivity index (χ4n) is 2.55. The molecule has 140 valence electrons. The molecule has 2 N–H and O–H groups in total. The highest BCUT2D eigenvalue weighted by molar-refractivity contribution is 8.26. The van der Waals surface area contributed by atoms with Crippen molar-refractivity contribution >= 4 is 46.3 Å². The minimum absolute atomic E-state index is 0.0134. The summed E-state index contributed by atoms with van der Waals surface area (Å²) in [6.07, 6.45) is 1.94. The summed E-state index contributed by atoms with van der Waals surface area (Å²) in [6, 6.07) is 3.77. The highest BCUT2D eigenvalue weighted by Gasteiger charge is 2.40. The monoisotopic (exact) mass is 395 g/mol. The van der Waals surface area contributed by atoms with Crippen LogP contribution >= 0.6 is 24.0 Å². The molecule has 1 heterocycles. The first-order valence-corrected chi connectivity index (χ1v) is 9.42. The van der Waals surface area contributed by atoms with Crippen molar-refractivity contribution in [2.45, 2.75) is 33.2 Å². The average molecular weight is 396 g/mol. The maximum absolute atomic E-state index is 12.7. The van der Waals surface area contributed by atoms with Crippen molar-refractivity contribution in [1.29, 1.82) is 0 Å². The average Bonchev–Trinajstić information content (AvgIpc) is 2.82. The zero-order chi connectivity index (χ0) is 19.4. The molecule has 1 saturated heterocycles. The van der Waals surface area contributed by atoms with E-state index in [0.29, 0.717) is 29.2 Å². The van der Waals surface area contributed by atoms with Crippen LogP contribution in [0.5, 0.6) is 11.5 Å². The van der Waals surface area contributed by atoms with Crippen LogP contribution in [0.2, 0.25) is 0 Å². The molecule has 6 nitrogen and oxygen atoms in total. The van der Waals surface area contributed by atoms with Gasteiger partial charge in [-0.1, -0.05) is 43.9 Å². The third-order valence-corrected chi connectivity index (χ3v) is 5.03. The van der Waals surface area contributed by atoms with E-state index in [4.69, 9.17) is 17.0 Å². The van der Waals surface area contributed by atoms with E-state index >= 15 is 0 Å². The molecule has 8 heteroatoms. The van der Waals surface area contributed by atoms with E-state index in [1.807, 2.05) is 13.8 Å². The maximum Gasteiger partial charge on any atom is 0.326 e. The number of phenolic OH excluding ortho intramolecular Hbond substituents is 1. The number of carboxylic acid groups (broad SMARTS) is 1. The van der Waals surface area contributed by atoms with Crippen molar-refractivity contribution in [2.24, 2.45) is 5.92 Å². The quantitative estimate of drug-likeness (QED) is 0.540. The number of carboxylic acids is 1. The zero-order valence-corrected chi connectivity index (χ0v) is 16.4. The second kappa shape index (κ2) is 8.55. The number of thiocarbonyl (C=S) groups is 1. The Labute approximate surface area is 161 Å². The molecule has 1 amide bonds. The van der Waals surface area contributed by atoms with Crippen LogP contribution in [0.1, 0.15) is 32.8 Å². The molecule has 0 saturated carbocycles. The van der Waals surface area contributed by atoms with Crippen molar-refractivity contribution in [2.75, 3.05) is 6.61 Å². The molecule has 1 aliphatic rings. The van der Waals surface area contributed by atoms with Crippen molar-refractivity contribution in [3.8, 4) is 11.5 Å². The van der Waals surface area contributed by atoms with Gasteiger partial charge in [-0.3, -0.25) is 9.69 Å². The van der Waals surface area contributed by atoms with Crippen molar-refractivity contribution in [3.63, 3.8) is 0 Å². The van der Waals surface area contributed by atoms with Gasteiger partial charge in [0.25, 0.3) is 5.91 Å². The second-order valence-electron chi connectivity index (χ2n) is 6.20. The summed E-state index contributed by atoms with van der Waals surface area (Å²) in [5.74, 6) is -1.05. The SMILES string of the molecule is CCOc1cc(/C=C2\SC(=S)N([C@H](CC(C)C)C(=O)O)C2=O)ccc1O. The number of nitrogens with zero attached hydrogens (tertiary/aromatic N) is 1. The minimum Gasteiger partial charge on any atom is -0.504 e. The van der Waals surface area contributed by atoms with Gasteiger partial charge in [0.15, 0.2) is 11.5 Å². The molecule has 1 aliphatic heterocycles. The highest BCUT2D eigenvalue weighted by atomic mass is 32.2. The molecule has 0 bridgehead atoms. The number of benzene rings is 1. The fourth-order valence-corrected chi connectivity index (χ4v) is 3.91. The fraction of sp³-hybridized carbons (Fsp3) is 0.389. The lowest BCUT2D eigenvalue weighted by atomic mass is 10.0. The lowest BCUT2D eigenvalue weighted by molar-refractivity contribution is -0.145. The van der Waals surface area contributed by atoms with E-state index in [2.05, 4.69) is 0 Å². The van der Waals surface area contributed by atoms with Gasteiger partial charge in [0.05, 0.1) is 11.5 Å². The normalized spacial score (nSPS) is 17.2. The Bertz CT molecular complexity index is 760. The number of hydrogen-bond donors (Lipinski definition) is 2. The largest absolute Gasteiger partial charge is 0.504 e. The van der Waals surface area contributed by atoms with Crippen LogP contribution in [0.25, 0.3) is 6.08 Å². The minimum atomic E-state index is -1.07. The Morgan fingerprint density at radius 3 is 2.69 bits per heavy atom. The number of amides is 1. The van der Waals surface area contributed by atoms with E-state index in [0.717, 1.165) is 11.8 Å². The van der Waals surface area contributed by atoms with E-state index in [9.17, 15) is 19.8 Å². The van der Waals surface area contributed by atoms with Crippen LogP contribution in [0, 0.1) is 5.92 Å². The van der Waals surface area contributed by atoms with Gasteiger partial charge >= 0.3 is 5.97 Å². The first kappa shape index (κ1) is 20.3. The molecular formula is C18H21NO5S2. The third kappa shape index (κ3) is 4.56. The van der Waals surface area contributed by atoms with Gasteiger partial charge in [0, 0.05) is 0 Å². The number of ether oxygens (including phenoxy) is 1. The Morgan fingerprint density at radius 2 is 2.12 bits per heavy atom. The Hall–Kier alpha value is -2.06. The van der Waals surface area contributed by atoms with Gasteiger partial charge in [-0.15, -0.1) is 0 Å². The molecule has 1 fully saturated rings. The predicted molar refractivity (Wildman–Crippen MR) is 105 cm³/mol. The lowest BCUT2D eigenvalue weighted by Gasteiger charge is -2.24. The van der Waals surface area contributed by atoms with E-state index in [1.54, 1.807) is 25.1 Å². The maximum atomic E-state index is 12.7. The molecule has 26 heavy (non-hydrogen) atoms. The van der Waals surface area contributed by atoms with Crippen LogP contribution in [-0.2, 0) is 9.59 Å². The van der Waals surface area contributed by atoms with E-state index in [-0.39, 0.29) is 16.0 Å². The Morgan fingerprint density at radius 1 is 1.42 bits per heavy atom. The molecule has 0 radical (unpaired) electrons. The zero-order valence-electron chi connectivity index (χ0n) is 14.8. The molecule has 1 aromatic rings. The smallest absolute Gasteiger partial charge is 0.326 e. The summed E-state index contributed by atoms with van der Waals surface area (Å²) in [4.78, 5) is 25.9. The molecule has 1 atom stereocenters. The van der Waals surface area contributed by atoms with Gasteiger partial charge in [-0.25, -0.2) is 4.79 Å². The van der Waals surface area contributed by atoms with Crippen LogP contribution in [0.3, 0.4) is 0 Å². The number of hydrogen-bond acceptors (Lipinski definition) is 6. The summed E-state index contributed by atoms with van der Waals surface area (Å²) < 4.78 is 5.57. The summed E-state index contributed by atoms with van der Waals surface area (Å²) in [7, 11) is 0. The predicted octanol–water partition coefficient (Wildman–Crippen LogP) is 3.49. The first-order chi connectivity index (χ1) is 12.2. The molecule has 0 spiro atoms. The van der Waals surface area contributed by atoms with Gasteiger partial charge in [0.2, 0.25) is 0 Å². The molecule has 0 unspecified atom stereocenters. The Balaban J connectivity index is 2.31. The summed E-state index contributed by atoms with van der Waals surface area (Å²) in [6.45, 7) is 6.00. The number of thioether (sulfide) groups is 1. The number of aromatic hydroxyl groups is 1. The van der Waals surface area contributed by atoms with E-state index < -0.39 is 17.9 Å². The number of carbonyl (C=O) groups is 2. The second-order valence-corrected chi connectivity index (χ2v) is 7.87. The Kier molecular flexibility index (Phi) is 6.66. The van der Waals surface area contributed by atoms with Crippen LogP contribution in [0.4, 0.5) is 0 Å². The number of phenols is 1. The number of aliphatic carboxylic acids is 1. The summed E-state index contributed by atoms with van der Waals surface area (Å²) in [5.41, 5.74) is 0.655. The highest BCUT2D eigenvalue weighted by Crippen LogP contribution is 2.36. The molecular weight excluding hydrogens is 374 g/mol. The summed E-state index contributed by atoms with van der Waals surface area (Å²) >= 11 is 6.32.